The summed E-state index contributed by atoms with van der Waals surface area (Å²) in [6.07, 6.45) is 1.05. The summed E-state index contributed by atoms with van der Waals surface area (Å²) in [5.74, 6) is -0.677. The molecule has 5 rings (SSSR count). The Bertz CT molecular complexity index is 1070. The monoisotopic (exact) mass is 416 g/mol. The van der Waals surface area contributed by atoms with E-state index in [-0.39, 0.29) is 23.7 Å². The molecule has 6 nitrogen and oxygen atoms in total. The van der Waals surface area contributed by atoms with E-state index in [1.807, 2.05) is 30.3 Å². The number of benzene rings is 2. The van der Waals surface area contributed by atoms with Crippen LogP contribution in [0.25, 0.3) is 0 Å². The molecule has 2 aromatic rings. The third kappa shape index (κ3) is 3.41. The van der Waals surface area contributed by atoms with Gasteiger partial charge < -0.3 is 15.1 Å². The number of amides is 2. The summed E-state index contributed by atoms with van der Waals surface area (Å²) in [6.45, 7) is 3.31. The van der Waals surface area contributed by atoms with Gasteiger partial charge in [-0.05, 0) is 50.3 Å². The molecule has 2 unspecified atom stereocenters. The second-order valence-corrected chi connectivity index (χ2v) is 8.85. The predicted molar refractivity (Wildman–Crippen MR) is 122 cm³/mol. The second-order valence-electron chi connectivity index (χ2n) is 8.85. The van der Waals surface area contributed by atoms with E-state index in [1.54, 1.807) is 0 Å². The maximum absolute atomic E-state index is 13.0. The molecule has 0 aliphatic carbocycles. The maximum atomic E-state index is 13.0. The molecule has 31 heavy (non-hydrogen) atoms. The van der Waals surface area contributed by atoms with Crippen molar-refractivity contribution < 1.29 is 9.59 Å². The summed E-state index contributed by atoms with van der Waals surface area (Å²) >= 11 is 0. The molecule has 2 aromatic carbocycles. The van der Waals surface area contributed by atoms with Crippen LogP contribution < -0.4 is 15.5 Å². The quantitative estimate of drug-likeness (QED) is 0.709. The second kappa shape index (κ2) is 7.85. The highest BCUT2D eigenvalue weighted by Crippen LogP contribution is 2.46. The Balaban J connectivity index is 1.53. The maximum Gasteiger partial charge on any atom is 0.255 e. The number of rotatable bonds is 6. The lowest BCUT2D eigenvalue weighted by molar-refractivity contribution is -0.124. The molecule has 3 aliphatic rings. The Hall–Kier alpha value is -3.12. The molecule has 2 N–H and O–H groups in total. The van der Waals surface area contributed by atoms with E-state index >= 15 is 0 Å². The van der Waals surface area contributed by atoms with E-state index in [0.717, 1.165) is 42.9 Å². The lowest BCUT2D eigenvalue weighted by atomic mass is 9.83. The van der Waals surface area contributed by atoms with Crippen LogP contribution in [-0.2, 0) is 9.59 Å². The molecule has 3 aliphatic heterocycles. The van der Waals surface area contributed by atoms with E-state index in [9.17, 15) is 9.59 Å². The first kappa shape index (κ1) is 19.8. The molecule has 2 amide bonds. The Kier molecular flexibility index (Phi) is 5.02. The number of hydrogen-bond donors (Lipinski definition) is 2. The zero-order valence-corrected chi connectivity index (χ0v) is 18.0. The topological polar surface area (TPSA) is 64.7 Å². The Labute approximate surface area is 182 Å². The van der Waals surface area contributed by atoms with Crippen molar-refractivity contribution in [3.05, 3.63) is 70.8 Å². The highest BCUT2D eigenvalue weighted by atomic mass is 16.2. The SMILES string of the molecule is CN(C)CCCN1CC(C2=C(C3CNc4ccccc43)C(=O)NC2=O)c2ccccc21. The van der Waals surface area contributed by atoms with Crippen LogP contribution >= 0.6 is 0 Å². The fourth-order valence-corrected chi connectivity index (χ4v) is 5.24. The molecule has 2 atom stereocenters. The molecule has 3 heterocycles. The summed E-state index contributed by atoms with van der Waals surface area (Å²) in [5, 5.41) is 6.00. The molecular weight excluding hydrogens is 388 g/mol. The smallest absolute Gasteiger partial charge is 0.255 e. The number of carbonyl (C=O) groups excluding carboxylic acids is 2. The van der Waals surface area contributed by atoms with Gasteiger partial charge in [-0.25, -0.2) is 0 Å². The van der Waals surface area contributed by atoms with Crippen molar-refractivity contribution in [2.75, 3.05) is 50.5 Å². The van der Waals surface area contributed by atoms with Crippen molar-refractivity contribution in [2.45, 2.75) is 18.3 Å². The standard InChI is InChI=1S/C25H28N4O2/c1-28(2)12-7-13-29-15-19(17-9-4-6-11-21(17)29)23-22(24(30)27-25(23)31)18-14-26-20-10-5-3-8-16(18)20/h3-6,8-11,18-19,26H,7,12-15H2,1-2H3,(H,27,30,31). The van der Waals surface area contributed by atoms with Crippen LogP contribution in [0.4, 0.5) is 11.4 Å². The van der Waals surface area contributed by atoms with Gasteiger partial charge in [-0.2, -0.15) is 0 Å². The van der Waals surface area contributed by atoms with Crippen molar-refractivity contribution in [1.29, 1.82) is 0 Å². The van der Waals surface area contributed by atoms with Crippen molar-refractivity contribution in [3.8, 4) is 0 Å². The Morgan fingerprint density at radius 2 is 1.61 bits per heavy atom. The number of nitrogens with zero attached hydrogens (tertiary/aromatic N) is 2. The number of fused-ring (bicyclic) bond motifs is 2. The molecular formula is C25H28N4O2. The number of nitrogens with one attached hydrogen (secondary N) is 2. The van der Waals surface area contributed by atoms with Crippen LogP contribution in [0.2, 0.25) is 0 Å². The first-order valence-electron chi connectivity index (χ1n) is 11.0. The lowest BCUT2D eigenvalue weighted by Gasteiger charge is -2.21. The van der Waals surface area contributed by atoms with Gasteiger partial charge in [0.2, 0.25) is 0 Å². The van der Waals surface area contributed by atoms with Gasteiger partial charge in [-0.3, -0.25) is 14.9 Å². The van der Waals surface area contributed by atoms with Crippen LogP contribution in [0.5, 0.6) is 0 Å². The van der Waals surface area contributed by atoms with E-state index in [0.29, 0.717) is 17.7 Å². The molecule has 0 aromatic heterocycles. The van der Waals surface area contributed by atoms with Crippen LogP contribution in [0.15, 0.2) is 59.7 Å². The zero-order valence-electron chi connectivity index (χ0n) is 18.0. The molecule has 0 radical (unpaired) electrons. The lowest BCUT2D eigenvalue weighted by Crippen LogP contribution is -2.28. The minimum Gasteiger partial charge on any atom is -0.384 e. The van der Waals surface area contributed by atoms with E-state index in [4.69, 9.17) is 0 Å². The summed E-state index contributed by atoms with van der Waals surface area (Å²) < 4.78 is 0. The van der Waals surface area contributed by atoms with Gasteiger partial charge in [0.05, 0.1) is 0 Å². The number of imide groups is 1. The fraction of sp³-hybridized carbons (Fsp3) is 0.360. The van der Waals surface area contributed by atoms with Gasteiger partial charge in [0, 0.05) is 54.0 Å². The van der Waals surface area contributed by atoms with E-state index < -0.39 is 0 Å². The highest BCUT2D eigenvalue weighted by molar-refractivity contribution is 6.21. The highest BCUT2D eigenvalue weighted by Gasteiger charge is 2.44. The molecule has 0 saturated carbocycles. The zero-order chi connectivity index (χ0) is 21.5. The van der Waals surface area contributed by atoms with E-state index in [1.165, 1.54) is 5.69 Å². The summed E-state index contributed by atoms with van der Waals surface area (Å²) in [4.78, 5) is 30.5. The van der Waals surface area contributed by atoms with E-state index in [2.05, 4.69) is 52.7 Å². The van der Waals surface area contributed by atoms with Crippen LogP contribution in [0.3, 0.4) is 0 Å². The van der Waals surface area contributed by atoms with Gasteiger partial charge in [-0.1, -0.05) is 36.4 Å². The first-order chi connectivity index (χ1) is 15.0. The van der Waals surface area contributed by atoms with Crippen molar-refractivity contribution in [1.82, 2.24) is 10.2 Å². The number of para-hydroxylation sites is 2. The molecule has 0 saturated heterocycles. The van der Waals surface area contributed by atoms with Crippen molar-refractivity contribution in [3.63, 3.8) is 0 Å². The van der Waals surface area contributed by atoms with Crippen LogP contribution in [0, 0.1) is 0 Å². The van der Waals surface area contributed by atoms with Gasteiger partial charge in [0.25, 0.3) is 11.8 Å². The minimum absolute atomic E-state index is 0.0928. The molecule has 0 bridgehead atoms. The van der Waals surface area contributed by atoms with Gasteiger partial charge in [0.15, 0.2) is 0 Å². The van der Waals surface area contributed by atoms with Crippen LogP contribution in [0.1, 0.15) is 29.4 Å². The number of anilines is 2. The van der Waals surface area contributed by atoms with Crippen molar-refractivity contribution >= 4 is 23.2 Å². The number of hydrogen-bond acceptors (Lipinski definition) is 5. The van der Waals surface area contributed by atoms with Gasteiger partial charge >= 0.3 is 0 Å². The first-order valence-corrected chi connectivity index (χ1v) is 11.0. The molecule has 0 spiro atoms. The molecule has 0 fully saturated rings. The average Bonchev–Trinajstić information content (AvgIpc) is 3.41. The minimum atomic E-state index is -0.243. The van der Waals surface area contributed by atoms with Gasteiger partial charge in [0.1, 0.15) is 0 Å². The largest absolute Gasteiger partial charge is 0.384 e. The van der Waals surface area contributed by atoms with Crippen molar-refractivity contribution in [2.24, 2.45) is 0 Å². The number of carbonyl (C=O) groups is 2. The normalized spacial score (nSPS) is 22.1. The summed E-state index contributed by atoms with van der Waals surface area (Å²) in [5.41, 5.74) is 5.74. The predicted octanol–water partition coefficient (Wildman–Crippen LogP) is 2.70. The third-order valence-corrected chi connectivity index (χ3v) is 6.63. The summed E-state index contributed by atoms with van der Waals surface area (Å²) in [6, 6.07) is 16.4. The molecule has 6 heteroatoms. The third-order valence-electron chi connectivity index (χ3n) is 6.63. The van der Waals surface area contributed by atoms with Crippen LogP contribution in [-0.4, -0.2) is 57.0 Å². The fourth-order valence-electron chi connectivity index (χ4n) is 5.24. The Morgan fingerprint density at radius 3 is 2.39 bits per heavy atom. The molecule has 160 valence electrons. The average molecular weight is 417 g/mol. The summed E-state index contributed by atoms with van der Waals surface area (Å²) in [7, 11) is 4.17. The van der Waals surface area contributed by atoms with Gasteiger partial charge in [-0.15, -0.1) is 0 Å². The Morgan fingerprint density at radius 1 is 0.935 bits per heavy atom.